The van der Waals surface area contributed by atoms with Crippen molar-refractivity contribution in [1.82, 2.24) is 0 Å². The molecule has 0 saturated heterocycles. The molecule has 3 nitrogen and oxygen atoms in total. The van der Waals surface area contributed by atoms with E-state index in [0.717, 1.165) is 10.9 Å². The van der Waals surface area contributed by atoms with Gasteiger partial charge >= 0.3 is 5.13 Å². The van der Waals surface area contributed by atoms with Crippen LogP contribution in [0.5, 0.6) is 5.75 Å². The smallest absolute Gasteiger partial charge is 0.329 e. The summed E-state index contributed by atoms with van der Waals surface area (Å²) in [6, 6.07) is 8.33. The Hall–Kier alpha value is -1.55. The number of nitrogens with two attached hydrogens (primary N) is 1. The van der Waals surface area contributed by atoms with Crippen molar-refractivity contribution in [3.8, 4) is 5.75 Å². The summed E-state index contributed by atoms with van der Waals surface area (Å²) in [6.45, 7) is 0. The molecule has 0 bridgehead atoms. The van der Waals surface area contributed by atoms with E-state index in [2.05, 4.69) is 22.5 Å². The molecule has 0 unspecified atom stereocenters. The van der Waals surface area contributed by atoms with Crippen LogP contribution in [0.4, 0.5) is 5.13 Å². The van der Waals surface area contributed by atoms with Gasteiger partial charge < -0.3 is 4.74 Å². The maximum atomic E-state index is 5.77. The zero-order valence-corrected chi connectivity index (χ0v) is 10.5. The Morgan fingerprint density at radius 2 is 2.00 bits per heavy atom. The Morgan fingerprint density at radius 3 is 2.47 bits per heavy atom. The standard InChI is InChI=1S/C13H14N2OS/c1-16-10-4-2-9(3-5-10)13(6-7-13)11-8-17-12(14)15-11/h2-5,8H,6-7H2,1H3,(H2,14,15)/p+1. The van der Waals surface area contributed by atoms with Gasteiger partial charge in [-0.2, -0.15) is 0 Å². The van der Waals surface area contributed by atoms with Crippen LogP contribution < -0.4 is 15.5 Å². The Kier molecular flexibility index (Phi) is 2.33. The molecule has 0 amide bonds. The molecule has 88 valence electrons. The number of ether oxygens (including phenoxy) is 1. The van der Waals surface area contributed by atoms with Crippen LogP contribution >= 0.6 is 11.3 Å². The van der Waals surface area contributed by atoms with Crippen LogP contribution in [0.3, 0.4) is 0 Å². The number of hydrogen-bond donors (Lipinski definition) is 1. The van der Waals surface area contributed by atoms with E-state index in [4.69, 9.17) is 10.5 Å². The molecule has 1 aromatic heterocycles. The third kappa shape index (κ3) is 1.69. The first-order valence-electron chi connectivity index (χ1n) is 5.66. The summed E-state index contributed by atoms with van der Waals surface area (Å²) in [5.74, 6) is 0.901. The second-order valence-corrected chi connectivity index (χ2v) is 5.36. The average Bonchev–Trinajstić information content (AvgIpc) is 3.06. The molecule has 1 heterocycles. The quantitative estimate of drug-likeness (QED) is 0.904. The molecule has 17 heavy (non-hydrogen) atoms. The van der Waals surface area contributed by atoms with Crippen molar-refractivity contribution in [3.05, 3.63) is 40.9 Å². The number of nitrogens with one attached hydrogen (secondary N) is 1. The van der Waals surface area contributed by atoms with Gasteiger partial charge in [-0.1, -0.05) is 23.5 Å². The SMILES string of the molecule is COc1ccc(C2(c3csc(N)[nH+]3)CC2)cc1. The molecule has 2 aromatic rings. The molecule has 0 aliphatic heterocycles. The van der Waals surface area contributed by atoms with Crippen LogP contribution in [0.25, 0.3) is 0 Å². The number of benzene rings is 1. The lowest BCUT2D eigenvalue weighted by atomic mass is 9.93. The lowest BCUT2D eigenvalue weighted by Gasteiger charge is -2.11. The minimum atomic E-state index is 0.167. The molecule has 1 aliphatic rings. The predicted molar refractivity (Wildman–Crippen MR) is 68.3 cm³/mol. The van der Waals surface area contributed by atoms with Crippen LogP contribution in [0.1, 0.15) is 24.1 Å². The Balaban J connectivity index is 1.97. The highest BCUT2D eigenvalue weighted by Gasteiger charge is 2.49. The van der Waals surface area contributed by atoms with E-state index in [0.29, 0.717) is 0 Å². The minimum Gasteiger partial charge on any atom is -0.497 e. The van der Waals surface area contributed by atoms with E-state index in [1.165, 1.54) is 24.1 Å². The van der Waals surface area contributed by atoms with Crippen molar-refractivity contribution in [2.75, 3.05) is 12.8 Å². The van der Waals surface area contributed by atoms with E-state index in [9.17, 15) is 0 Å². The van der Waals surface area contributed by atoms with Crippen molar-refractivity contribution in [3.63, 3.8) is 0 Å². The van der Waals surface area contributed by atoms with Crippen molar-refractivity contribution in [2.24, 2.45) is 0 Å². The summed E-state index contributed by atoms with van der Waals surface area (Å²) in [5, 5.41) is 2.91. The van der Waals surface area contributed by atoms with Gasteiger partial charge in [0.05, 0.1) is 12.5 Å². The normalized spacial score (nSPS) is 16.8. The Morgan fingerprint density at radius 1 is 1.29 bits per heavy atom. The molecular formula is C13H15N2OS+. The van der Waals surface area contributed by atoms with Gasteiger partial charge in [0.1, 0.15) is 11.4 Å². The van der Waals surface area contributed by atoms with Crippen LogP contribution in [0.2, 0.25) is 0 Å². The van der Waals surface area contributed by atoms with Gasteiger partial charge in [0, 0.05) is 5.38 Å². The molecule has 3 N–H and O–H groups in total. The summed E-state index contributed by atoms with van der Waals surface area (Å²) < 4.78 is 5.19. The van der Waals surface area contributed by atoms with E-state index >= 15 is 0 Å². The zero-order valence-electron chi connectivity index (χ0n) is 9.69. The molecule has 4 heteroatoms. The molecule has 0 atom stereocenters. The first-order chi connectivity index (χ1) is 8.24. The predicted octanol–water partition coefficient (Wildman–Crippen LogP) is 2.23. The van der Waals surface area contributed by atoms with Crippen LogP contribution in [-0.2, 0) is 5.41 Å². The molecule has 1 fully saturated rings. The summed E-state index contributed by atoms with van der Waals surface area (Å²) in [6.07, 6.45) is 2.37. The third-order valence-electron chi connectivity index (χ3n) is 3.47. The Labute approximate surface area is 104 Å². The molecule has 0 radical (unpaired) electrons. The maximum Gasteiger partial charge on any atom is 0.329 e. The number of anilines is 1. The highest BCUT2D eigenvalue weighted by molar-refractivity contribution is 7.13. The van der Waals surface area contributed by atoms with Crippen molar-refractivity contribution < 1.29 is 9.72 Å². The van der Waals surface area contributed by atoms with Gasteiger partial charge in [0.15, 0.2) is 0 Å². The van der Waals surface area contributed by atoms with Gasteiger partial charge in [-0.25, -0.2) is 4.98 Å². The number of aromatic nitrogens is 1. The summed E-state index contributed by atoms with van der Waals surface area (Å²) in [5.41, 5.74) is 8.52. The first-order valence-corrected chi connectivity index (χ1v) is 6.54. The van der Waals surface area contributed by atoms with Gasteiger partial charge in [-0.3, -0.25) is 5.73 Å². The van der Waals surface area contributed by atoms with Crippen molar-refractivity contribution in [2.45, 2.75) is 18.3 Å². The summed E-state index contributed by atoms with van der Waals surface area (Å²) >= 11 is 1.57. The summed E-state index contributed by atoms with van der Waals surface area (Å²) in [7, 11) is 1.69. The minimum absolute atomic E-state index is 0.167. The molecule has 0 spiro atoms. The fourth-order valence-electron chi connectivity index (χ4n) is 2.30. The molecule has 1 aromatic carbocycles. The summed E-state index contributed by atoms with van der Waals surface area (Å²) in [4.78, 5) is 3.27. The van der Waals surface area contributed by atoms with Crippen molar-refractivity contribution in [1.29, 1.82) is 0 Å². The van der Waals surface area contributed by atoms with Crippen molar-refractivity contribution >= 4 is 16.5 Å². The van der Waals surface area contributed by atoms with Crippen LogP contribution in [0.15, 0.2) is 29.6 Å². The van der Waals surface area contributed by atoms with Gasteiger partial charge in [-0.05, 0) is 30.5 Å². The average molecular weight is 247 g/mol. The second-order valence-electron chi connectivity index (χ2n) is 4.45. The van der Waals surface area contributed by atoms with Gasteiger partial charge in [0.2, 0.25) is 0 Å². The molecular weight excluding hydrogens is 232 g/mol. The molecule has 1 saturated carbocycles. The third-order valence-corrected chi connectivity index (χ3v) is 4.18. The fraction of sp³-hybridized carbons (Fsp3) is 0.308. The lowest BCUT2D eigenvalue weighted by molar-refractivity contribution is -0.369. The topological polar surface area (TPSA) is 49.4 Å². The number of nitrogen functional groups attached to an aromatic ring is 1. The van der Waals surface area contributed by atoms with Gasteiger partial charge in [0.25, 0.3) is 0 Å². The van der Waals surface area contributed by atoms with E-state index in [-0.39, 0.29) is 5.41 Å². The number of rotatable bonds is 3. The largest absolute Gasteiger partial charge is 0.497 e. The highest BCUT2D eigenvalue weighted by atomic mass is 32.1. The number of hydrogen-bond acceptors (Lipinski definition) is 3. The lowest BCUT2D eigenvalue weighted by Crippen LogP contribution is -2.20. The van der Waals surface area contributed by atoms with Crippen LogP contribution in [0, 0.1) is 0 Å². The van der Waals surface area contributed by atoms with E-state index < -0.39 is 0 Å². The monoisotopic (exact) mass is 247 g/mol. The highest BCUT2D eigenvalue weighted by Crippen LogP contribution is 2.52. The molecule has 1 aliphatic carbocycles. The number of methoxy groups -OCH3 is 1. The zero-order chi connectivity index (χ0) is 11.9. The van der Waals surface area contributed by atoms with Crippen LogP contribution in [-0.4, -0.2) is 7.11 Å². The maximum absolute atomic E-state index is 5.77. The fourth-order valence-corrected chi connectivity index (χ4v) is 2.99. The number of thiazole rings is 1. The first kappa shape index (κ1) is 10.6. The molecule has 3 rings (SSSR count). The number of aromatic amines is 1. The van der Waals surface area contributed by atoms with E-state index in [1.807, 2.05) is 12.1 Å². The van der Waals surface area contributed by atoms with Gasteiger partial charge in [-0.15, -0.1) is 0 Å². The number of H-pyrrole nitrogens is 1. The second kappa shape index (κ2) is 3.74. The Bertz CT molecular complexity index is 529. The van der Waals surface area contributed by atoms with E-state index in [1.54, 1.807) is 18.4 Å².